The van der Waals surface area contributed by atoms with Gasteiger partial charge in [0.25, 0.3) is 0 Å². The molecule has 0 fully saturated rings. The molecule has 0 saturated heterocycles. The van der Waals surface area contributed by atoms with Crippen LogP contribution in [0.5, 0.6) is 46.0 Å². The molecule has 0 unspecified atom stereocenters. The molecule has 434 valence electrons. The van der Waals surface area contributed by atoms with Crippen molar-refractivity contribution in [1.29, 1.82) is 0 Å². The van der Waals surface area contributed by atoms with E-state index in [4.69, 9.17) is 18.9 Å². The molecule has 4 atom stereocenters. The van der Waals surface area contributed by atoms with Crippen molar-refractivity contribution in [3.05, 3.63) is 239 Å². The molecular formula is C68H72Cu2N4O8. The van der Waals surface area contributed by atoms with Crippen molar-refractivity contribution in [3.63, 3.8) is 0 Å². The largest absolute Gasteiger partial charge is 2.00 e. The Bertz CT molecular complexity index is 2760. The van der Waals surface area contributed by atoms with Gasteiger partial charge in [-0.1, -0.05) is 193 Å². The molecule has 0 aliphatic carbocycles. The molecule has 2 radical (unpaired) electrons. The van der Waals surface area contributed by atoms with Crippen molar-refractivity contribution in [3.8, 4) is 46.0 Å². The Hall–Kier alpha value is -8.12. The summed E-state index contributed by atoms with van der Waals surface area (Å²) < 4.78 is 21.2. The van der Waals surface area contributed by atoms with Crippen LogP contribution in [0.2, 0.25) is 0 Å². The minimum absolute atomic E-state index is 0. The zero-order valence-electron chi connectivity index (χ0n) is 47.6. The average molecular weight is 1200 g/mol. The second-order valence-corrected chi connectivity index (χ2v) is 17.9. The third kappa shape index (κ3) is 22.1. The molecule has 0 saturated carbocycles. The zero-order valence-corrected chi connectivity index (χ0v) is 49.5. The van der Waals surface area contributed by atoms with Gasteiger partial charge in [0, 0.05) is 24.9 Å². The summed E-state index contributed by atoms with van der Waals surface area (Å²) in [5.41, 5.74) is 6.71. The average Bonchev–Trinajstić information content (AvgIpc) is 3.49. The summed E-state index contributed by atoms with van der Waals surface area (Å²) in [7, 11) is 0. The van der Waals surface area contributed by atoms with Crippen molar-refractivity contribution in [2.24, 2.45) is 20.0 Å². The maximum absolute atomic E-state index is 12.1. The second kappa shape index (κ2) is 37.7. The Labute approximate surface area is 506 Å². The first kappa shape index (κ1) is 68.2. The molecule has 8 aromatic rings. The molecule has 82 heavy (non-hydrogen) atoms. The van der Waals surface area contributed by atoms with E-state index in [2.05, 4.69) is 20.0 Å². The molecule has 0 heterocycles. The Kier molecular flexibility index (Phi) is 31.4. The number of nitrogens with zero attached hydrogens (tertiary/aromatic N) is 4. The van der Waals surface area contributed by atoms with Crippen LogP contribution >= 0.6 is 0 Å². The predicted octanol–water partition coefficient (Wildman–Crippen LogP) is 13.4. The van der Waals surface area contributed by atoms with Gasteiger partial charge in [0.05, 0.1) is 50.6 Å². The summed E-state index contributed by atoms with van der Waals surface area (Å²) >= 11 is 0. The van der Waals surface area contributed by atoms with Gasteiger partial charge in [0.1, 0.15) is 23.0 Å². The SMILES string of the molecule is CCOc1cccc(C=N[C@H](C)c2ccccc2)c1[O-].CCOc1cccc(C=N[C@H](C)c2ccccc2)c1[O-].CCOc1cccc(C=N[C@H](C)c2ccccc2)c1[O-].CCOc1cccc(C=N[C@H](C)c2ccccc2)c1[O-].[Cu+2].[Cu+2]. The summed E-state index contributed by atoms with van der Waals surface area (Å²) in [6, 6.07) is 61.0. The van der Waals surface area contributed by atoms with Crippen molar-refractivity contribution in [2.75, 3.05) is 26.4 Å². The van der Waals surface area contributed by atoms with Gasteiger partial charge in [-0.15, -0.1) is 0 Å². The summed E-state index contributed by atoms with van der Waals surface area (Å²) in [5.74, 6) is 1.06. The van der Waals surface area contributed by atoms with Crippen LogP contribution < -0.4 is 39.4 Å². The summed E-state index contributed by atoms with van der Waals surface area (Å²) in [4.78, 5) is 17.8. The van der Waals surface area contributed by atoms with Crippen molar-refractivity contribution >= 4 is 24.9 Å². The minimum atomic E-state index is -0.113. The van der Waals surface area contributed by atoms with Crippen LogP contribution in [0.4, 0.5) is 0 Å². The molecule has 0 aliphatic rings. The van der Waals surface area contributed by atoms with Crippen molar-refractivity contribution < 1.29 is 73.5 Å². The molecule has 8 aromatic carbocycles. The first-order valence-electron chi connectivity index (χ1n) is 26.9. The number of aliphatic imine (C=N–C) groups is 4. The fourth-order valence-corrected chi connectivity index (χ4v) is 7.65. The maximum Gasteiger partial charge on any atom is 2.00 e. The van der Waals surface area contributed by atoms with Gasteiger partial charge in [0.2, 0.25) is 0 Å². The van der Waals surface area contributed by atoms with E-state index in [1.54, 1.807) is 97.7 Å². The predicted molar refractivity (Wildman–Crippen MR) is 318 cm³/mol. The first-order chi connectivity index (χ1) is 38.9. The van der Waals surface area contributed by atoms with E-state index >= 15 is 0 Å². The van der Waals surface area contributed by atoms with Crippen LogP contribution in [0.25, 0.3) is 0 Å². The Morgan fingerprint density at radius 1 is 0.293 bits per heavy atom. The van der Waals surface area contributed by atoms with Gasteiger partial charge in [-0.3, -0.25) is 20.0 Å². The van der Waals surface area contributed by atoms with E-state index in [0.717, 1.165) is 22.3 Å². The fraction of sp³-hybridized carbons (Fsp3) is 0.235. The van der Waals surface area contributed by atoms with Crippen molar-refractivity contribution in [2.45, 2.75) is 79.6 Å². The smallest absolute Gasteiger partial charge is 0.870 e. The molecule has 12 nitrogen and oxygen atoms in total. The summed E-state index contributed by atoms with van der Waals surface area (Å²) in [6.45, 7) is 17.4. The van der Waals surface area contributed by atoms with Gasteiger partial charge >= 0.3 is 34.1 Å². The van der Waals surface area contributed by atoms with Gasteiger partial charge < -0.3 is 39.4 Å². The molecule has 0 spiro atoms. The van der Waals surface area contributed by atoms with Crippen LogP contribution in [-0.2, 0) is 34.1 Å². The number of hydrogen-bond acceptors (Lipinski definition) is 12. The first-order valence-corrected chi connectivity index (χ1v) is 26.9. The van der Waals surface area contributed by atoms with Gasteiger partial charge in [-0.05, 0) is 124 Å². The van der Waals surface area contributed by atoms with Crippen molar-refractivity contribution in [1.82, 2.24) is 0 Å². The normalized spacial score (nSPS) is 12.2. The van der Waals surface area contributed by atoms with E-state index in [1.165, 1.54) is 0 Å². The van der Waals surface area contributed by atoms with Crippen LogP contribution in [0.1, 0.15) is 124 Å². The molecular weight excluding hydrogens is 1130 g/mol. The molecule has 0 bridgehead atoms. The Morgan fingerprint density at radius 2 is 0.476 bits per heavy atom. The quantitative estimate of drug-likeness (QED) is 0.0534. The fourth-order valence-electron chi connectivity index (χ4n) is 7.65. The van der Waals surface area contributed by atoms with E-state index in [9.17, 15) is 20.4 Å². The van der Waals surface area contributed by atoms with Crippen LogP contribution in [0.3, 0.4) is 0 Å². The Balaban J connectivity index is 0.000000285. The van der Waals surface area contributed by atoms with E-state index in [-0.39, 0.29) is 81.3 Å². The molecule has 0 N–H and O–H groups in total. The summed E-state index contributed by atoms with van der Waals surface area (Å²) in [6.07, 6.45) is 6.51. The van der Waals surface area contributed by atoms with Crippen LogP contribution in [0, 0.1) is 0 Å². The third-order valence-corrected chi connectivity index (χ3v) is 12.1. The van der Waals surface area contributed by atoms with Gasteiger partial charge in [0.15, 0.2) is 0 Å². The number of rotatable bonds is 20. The Morgan fingerprint density at radius 3 is 0.646 bits per heavy atom. The van der Waals surface area contributed by atoms with E-state index in [0.29, 0.717) is 71.7 Å². The van der Waals surface area contributed by atoms with Crippen LogP contribution in [0.15, 0.2) is 214 Å². The van der Waals surface area contributed by atoms with E-state index < -0.39 is 0 Å². The zero-order chi connectivity index (χ0) is 57.5. The van der Waals surface area contributed by atoms with Gasteiger partial charge in [-0.25, -0.2) is 0 Å². The number of hydrogen-bond donors (Lipinski definition) is 0. The molecule has 0 aliphatic heterocycles. The molecule has 0 amide bonds. The van der Waals surface area contributed by atoms with Gasteiger partial charge in [-0.2, -0.15) is 0 Å². The number of ether oxygens (including phenoxy) is 4. The minimum Gasteiger partial charge on any atom is -0.870 e. The second-order valence-electron chi connectivity index (χ2n) is 17.9. The van der Waals surface area contributed by atoms with E-state index in [1.807, 2.05) is 177 Å². The number of benzene rings is 8. The number of para-hydroxylation sites is 4. The summed E-state index contributed by atoms with van der Waals surface area (Å²) in [5, 5.41) is 48.4. The van der Waals surface area contributed by atoms with Crippen LogP contribution in [-0.4, -0.2) is 51.3 Å². The maximum atomic E-state index is 12.1. The standard InChI is InChI=1S/4C17H19NO2.2Cu/c4*1-3-20-16-11-7-10-15(17(16)19)12-18-13(2)14-8-5-4-6-9-14;;/h4*4-13,19H,3H2,1-2H3;;/q;;;;2*+2/p-4/t4*13-;;/m1111../s1. The third-order valence-electron chi connectivity index (χ3n) is 12.1. The molecule has 0 aromatic heterocycles. The molecule has 14 heteroatoms. The monoisotopic (exact) mass is 1200 g/mol. The molecule has 8 rings (SSSR count). The topological polar surface area (TPSA) is 179 Å².